The molecule has 7 N–H and O–H groups in total. The zero-order chi connectivity index (χ0) is 49.7. The number of amides is 2. The van der Waals surface area contributed by atoms with Crippen LogP contribution in [-0.4, -0.2) is 90.0 Å². The van der Waals surface area contributed by atoms with Crippen molar-refractivity contribution < 1.29 is 42.2 Å². The number of carbonyl (C=O) groups excluding carboxylic acids is 5. The van der Waals surface area contributed by atoms with E-state index in [0.29, 0.717) is 57.1 Å². The number of benzene rings is 3. The van der Waals surface area contributed by atoms with Crippen molar-refractivity contribution in [2.24, 2.45) is 29.0 Å². The summed E-state index contributed by atoms with van der Waals surface area (Å²) in [7, 11) is 1.46. The Morgan fingerprint density at radius 3 is 2.12 bits per heavy atom. The summed E-state index contributed by atoms with van der Waals surface area (Å²) < 4.78 is 41.4. The maximum Gasteiger partial charge on any atom is 0.273 e. The molecular weight excluding hydrogens is 875 g/mol. The van der Waals surface area contributed by atoms with Crippen LogP contribution in [0.4, 0.5) is 8.78 Å². The van der Waals surface area contributed by atoms with Crippen LogP contribution in [0.1, 0.15) is 103 Å². The predicted molar refractivity (Wildman–Crippen MR) is 253 cm³/mol. The number of ether oxygens (including phenoxy) is 2. The van der Waals surface area contributed by atoms with Crippen molar-refractivity contribution in [2.75, 3.05) is 39.9 Å². The highest BCUT2D eigenvalue weighted by Crippen LogP contribution is 2.41. The van der Waals surface area contributed by atoms with Gasteiger partial charge in [0.1, 0.15) is 30.8 Å². The van der Waals surface area contributed by atoms with E-state index in [1.165, 1.54) is 36.2 Å². The number of likely N-dealkylation sites (N-methyl/N-ethyl adjacent to an activating group) is 1. The first-order valence-corrected chi connectivity index (χ1v) is 23.0. The second-order valence-electron chi connectivity index (χ2n) is 17.2. The molecule has 1 aliphatic heterocycles. The average Bonchev–Trinajstić information content (AvgIpc) is 3.31. The summed E-state index contributed by atoms with van der Waals surface area (Å²) in [6.45, 7) is 7.23. The third-order valence-electron chi connectivity index (χ3n) is 12.0. The Hall–Kier alpha value is -6.48. The van der Waals surface area contributed by atoms with Crippen LogP contribution < -0.4 is 32.0 Å². The number of fused-ring (bicyclic) bond motifs is 5. The van der Waals surface area contributed by atoms with Crippen molar-refractivity contribution in [1.29, 1.82) is 5.26 Å². The van der Waals surface area contributed by atoms with E-state index in [9.17, 15) is 38.0 Å². The molecule has 3 aromatic carbocycles. The first kappa shape index (κ1) is 52.5. The highest BCUT2D eigenvalue weighted by Gasteiger charge is 2.37. The van der Waals surface area contributed by atoms with Crippen LogP contribution in [0.25, 0.3) is 22.5 Å². The molecule has 0 saturated carbocycles. The van der Waals surface area contributed by atoms with Gasteiger partial charge in [0.2, 0.25) is 11.8 Å². The van der Waals surface area contributed by atoms with Gasteiger partial charge in [-0.05, 0) is 68.6 Å². The molecular formula is C51H62F2N8O7. The molecule has 17 heteroatoms. The van der Waals surface area contributed by atoms with E-state index < -0.39 is 53.2 Å². The second-order valence-corrected chi connectivity index (χ2v) is 17.2. The van der Waals surface area contributed by atoms with E-state index in [2.05, 4.69) is 15.3 Å². The molecule has 5 rings (SSSR count). The monoisotopic (exact) mass is 936 g/mol. The minimum atomic E-state index is -2.98. The number of hydrogen-bond acceptors (Lipinski definition) is 13. The lowest BCUT2D eigenvalue weighted by Crippen LogP contribution is -2.46. The Balaban J connectivity index is 1.55. The van der Waals surface area contributed by atoms with Crippen molar-refractivity contribution in [2.45, 2.75) is 97.1 Å². The maximum absolute atomic E-state index is 14.8. The number of nitrogens with two attached hydrogens (primary N) is 3. The van der Waals surface area contributed by atoms with Gasteiger partial charge in [0.05, 0.1) is 29.1 Å². The molecule has 15 nitrogen and oxygen atoms in total. The van der Waals surface area contributed by atoms with Crippen LogP contribution >= 0.6 is 0 Å². The molecule has 0 radical (unpaired) electrons. The van der Waals surface area contributed by atoms with E-state index in [4.69, 9.17) is 26.7 Å². The summed E-state index contributed by atoms with van der Waals surface area (Å²) >= 11 is 0. The molecule has 2 heterocycles. The number of aryl methyl sites for hydroxylation is 2. The molecule has 4 bridgehead atoms. The standard InChI is InChI=1S/C51H62F2N8O7/c1-6-18-51(52,53)37-13-10-34(11-14-37)48-58-31(3)46(32(4)59-48)42(63)29-36(17-20-55)50(66)61(5)47-35-12-16-45(68-24-22-57)39(28-35)38-26-33(9-15-44(38)67-23-21-56)27-40(41(62)8-7-19-54)60-49(65)30(2)25-43(47)64/h9-16,26,28,30,36,40,47H,6-8,17-18,20-25,27,29,55-57H2,1-5H3,(H,60,65)/t30-,36-,40+,47+/m1/s1. The third kappa shape index (κ3) is 12.7. The number of carbonyl (C=O) groups is 5. The van der Waals surface area contributed by atoms with Gasteiger partial charge in [-0.1, -0.05) is 56.7 Å². The Kier molecular flexibility index (Phi) is 18.5. The van der Waals surface area contributed by atoms with Crippen LogP contribution in [0, 0.1) is 37.0 Å². The van der Waals surface area contributed by atoms with Crippen LogP contribution in [0.2, 0.25) is 0 Å². The van der Waals surface area contributed by atoms with Crippen LogP contribution in [0.5, 0.6) is 11.5 Å². The average molecular weight is 937 g/mol. The number of rotatable bonds is 20. The van der Waals surface area contributed by atoms with Gasteiger partial charge in [-0.15, -0.1) is 0 Å². The number of halogens is 2. The molecule has 68 heavy (non-hydrogen) atoms. The first-order valence-electron chi connectivity index (χ1n) is 23.0. The van der Waals surface area contributed by atoms with Crippen molar-refractivity contribution in [3.05, 3.63) is 94.3 Å². The van der Waals surface area contributed by atoms with Gasteiger partial charge < -0.3 is 36.9 Å². The van der Waals surface area contributed by atoms with Gasteiger partial charge in [0, 0.05) is 86.3 Å². The van der Waals surface area contributed by atoms with Crippen molar-refractivity contribution in [1.82, 2.24) is 20.2 Å². The summed E-state index contributed by atoms with van der Waals surface area (Å²) in [5.74, 6) is -6.31. The van der Waals surface area contributed by atoms with Gasteiger partial charge in [-0.25, -0.2) is 18.7 Å². The largest absolute Gasteiger partial charge is 0.492 e. The fourth-order valence-electron chi connectivity index (χ4n) is 8.54. The Morgan fingerprint density at radius 1 is 0.912 bits per heavy atom. The van der Waals surface area contributed by atoms with Crippen LogP contribution in [0.15, 0.2) is 60.7 Å². The van der Waals surface area contributed by atoms with Gasteiger partial charge in [0.15, 0.2) is 23.2 Å². The van der Waals surface area contributed by atoms with Gasteiger partial charge in [-0.2, -0.15) is 5.26 Å². The predicted octanol–water partition coefficient (Wildman–Crippen LogP) is 6.24. The summed E-state index contributed by atoms with van der Waals surface area (Å²) in [5, 5.41) is 12.1. The molecule has 1 aliphatic rings. The number of Topliss-reactive ketones (excluding diaryl/α,β-unsaturated/α-hetero) is 3. The van der Waals surface area contributed by atoms with Crippen molar-refractivity contribution >= 4 is 29.2 Å². The second kappa shape index (κ2) is 24.0. The number of ketones is 3. The zero-order valence-corrected chi connectivity index (χ0v) is 39.4. The summed E-state index contributed by atoms with van der Waals surface area (Å²) in [4.78, 5) is 81.5. The lowest BCUT2D eigenvalue weighted by atomic mass is 9.88. The molecule has 0 unspecified atom stereocenters. The summed E-state index contributed by atoms with van der Waals surface area (Å²) in [5.41, 5.74) is 21.0. The third-order valence-corrected chi connectivity index (χ3v) is 12.0. The van der Waals surface area contributed by atoms with Gasteiger partial charge in [0.25, 0.3) is 5.92 Å². The Labute approximate surface area is 396 Å². The minimum absolute atomic E-state index is 0.0293. The number of aromatic nitrogens is 2. The number of nitriles is 1. The van der Waals surface area contributed by atoms with Crippen LogP contribution in [-0.2, 0) is 31.5 Å². The molecule has 4 atom stereocenters. The number of nitrogens with zero attached hydrogens (tertiary/aromatic N) is 4. The highest BCUT2D eigenvalue weighted by molar-refractivity contribution is 6.01. The van der Waals surface area contributed by atoms with E-state index in [1.54, 1.807) is 64.1 Å². The first-order chi connectivity index (χ1) is 32.5. The maximum atomic E-state index is 14.8. The van der Waals surface area contributed by atoms with E-state index in [-0.39, 0.29) is 101 Å². The Bertz CT molecular complexity index is 2490. The van der Waals surface area contributed by atoms with Gasteiger partial charge >= 0.3 is 0 Å². The molecule has 0 spiro atoms. The molecule has 0 aliphatic carbocycles. The smallest absolute Gasteiger partial charge is 0.273 e. The minimum Gasteiger partial charge on any atom is -0.492 e. The number of alkyl halides is 2. The van der Waals surface area contributed by atoms with Crippen molar-refractivity contribution in [3.63, 3.8) is 0 Å². The molecule has 2 amide bonds. The summed E-state index contributed by atoms with van der Waals surface area (Å²) in [6, 6.07) is 15.7. The van der Waals surface area contributed by atoms with Crippen LogP contribution in [0.3, 0.4) is 0 Å². The zero-order valence-electron chi connectivity index (χ0n) is 39.4. The molecule has 1 aromatic heterocycles. The molecule has 4 aromatic rings. The number of hydrogen-bond donors (Lipinski definition) is 4. The van der Waals surface area contributed by atoms with E-state index in [1.807, 2.05) is 6.07 Å². The Morgan fingerprint density at radius 2 is 1.53 bits per heavy atom. The normalized spacial score (nSPS) is 16.8. The topological polar surface area (TPSA) is 247 Å². The summed E-state index contributed by atoms with van der Waals surface area (Å²) in [6.07, 6.45) is -0.608. The highest BCUT2D eigenvalue weighted by atomic mass is 19.3. The number of nitrogens with one attached hydrogen (secondary N) is 1. The van der Waals surface area contributed by atoms with E-state index in [0.717, 1.165) is 0 Å². The quantitative estimate of drug-likeness (QED) is 0.0718. The fourth-order valence-corrected chi connectivity index (χ4v) is 8.54. The molecule has 0 saturated heterocycles. The lowest BCUT2D eigenvalue weighted by molar-refractivity contribution is -0.142. The van der Waals surface area contributed by atoms with E-state index >= 15 is 0 Å². The van der Waals surface area contributed by atoms with Crippen molar-refractivity contribution in [3.8, 4) is 40.1 Å². The lowest BCUT2D eigenvalue weighted by Gasteiger charge is -2.32. The fraction of sp³-hybridized carbons (Fsp3) is 0.451. The van der Waals surface area contributed by atoms with Gasteiger partial charge in [-0.3, -0.25) is 24.0 Å². The molecule has 362 valence electrons. The SMILES string of the molecule is CCCC(F)(F)c1ccc(-c2nc(C)c(C(=O)C[C@@H](CCN)C(=O)N(C)[C@@H]3C(=O)C[C@@H](C)C(=O)N[C@H](C(=O)CCC#N)Cc4ccc(OCCN)c(c4)-c4cc3ccc4OCCN)c(C)n2)cc1. The molecule has 0 fully saturated rings.